The number of likely N-dealkylation sites (tertiary alicyclic amines) is 1. The Bertz CT molecular complexity index is 544. The van der Waals surface area contributed by atoms with Crippen molar-refractivity contribution in [1.82, 2.24) is 10.2 Å². The minimum absolute atomic E-state index is 0.109. The Morgan fingerprint density at radius 1 is 1.30 bits per heavy atom. The monoisotopic (exact) mass is 274 g/mol. The molecule has 0 radical (unpaired) electrons. The van der Waals surface area contributed by atoms with Crippen molar-refractivity contribution >= 4 is 11.9 Å². The summed E-state index contributed by atoms with van der Waals surface area (Å²) in [4.78, 5) is 25.4. The third kappa shape index (κ3) is 2.18. The largest absolute Gasteiger partial charge is 0.480 e. The molecule has 0 bridgehead atoms. The number of benzene rings is 1. The van der Waals surface area contributed by atoms with Crippen molar-refractivity contribution in [2.45, 2.75) is 31.3 Å². The van der Waals surface area contributed by atoms with Gasteiger partial charge in [-0.1, -0.05) is 24.3 Å². The van der Waals surface area contributed by atoms with Crippen molar-refractivity contribution in [3.05, 3.63) is 35.4 Å². The highest BCUT2D eigenvalue weighted by Gasteiger charge is 2.38. The number of carboxylic acids is 1. The quantitative estimate of drug-likeness (QED) is 0.842. The van der Waals surface area contributed by atoms with E-state index in [0.717, 1.165) is 24.9 Å². The Hall–Kier alpha value is -1.88. The summed E-state index contributed by atoms with van der Waals surface area (Å²) in [7, 11) is 0. The maximum atomic E-state index is 12.7. The summed E-state index contributed by atoms with van der Waals surface area (Å²) in [5.41, 5.74) is 2.16. The third-order valence-electron chi connectivity index (χ3n) is 4.18. The summed E-state index contributed by atoms with van der Waals surface area (Å²) in [6.45, 7) is 1.29. The Morgan fingerprint density at radius 3 is 2.90 bits per heavy atom. The number of aliphatic carboxylic acids is 1. The lowest BCUT2D eigenvalue weighted by Gasteiger charge is -2.31. The van der Waals surface area contributed by atoms with Gasteiger partial charge < -0.3 is 15.3 Å². The Balaban J connectivity index is 1.87. The molecule has 0 saturated carbocycles. The lowest BCUT2D eigenvalue weighted by Crippen LogP contribution is -2.47. The van der Waals surface area contributed by atoms with Gasteiger partial charge in [0.15, 0.2) is 0 Å². The maximum absolute atomic E-state index is 12.7. The molecule has 1 amide bonds. The Labute approximate surface area is 117 Å². The number of amides is 1. The first-order chi connectivity index (χ1) is 9.68. The summed E-state index contributed by atoms with van der Waals surface area (Å²) in [5, 5.41) is 12.4. The van der Waals surface area contributed by atoms with Crippen LogP contribution in [0.15, 0.2) is 24.3 Å². The summed E-state index contributed by atoms with van der Waals surface area (Å²) in [6.07, 6.45) is 2.22. The average Bonchev–Trinajstić information content (AvgIpc) is 2.95. The molecular weight excluding hydrogens is 256 g/mol. The average molecular weight is 274 g/mol. The normalized spacial score (nSPS) is 25.3. The van der Waals surface area contributed by atoms with Gasteiger partial charge in [-0.3, -0.25) is 4.79 Å². The van der Waals surface area contributed by atoms with E-state index < -0.39 is 18.1 Å². The second-order valence-corrected chi connectivity index (χ2v) is 5.36. The van der Waals surface area contributed by atoms with E-state index in [1.807, 2.05) is 24.3 Å². The number of carbonyl (C=O) groups excluding carboxylic acids is 1. The zero-order valence-electron chi connectivity index (χ0n) is 11.2. The van der Waals surface area contributed by atoms with Crippen molar-refractivity contribution in [2.75, 3.05) is 13.1 Å². The second kappa shape index (κ2) is 5.25. The van der Waals surface area contributed by atoms with E-state index in [9.17, 15) is 14.7 Å². The fourth-order valence-electron chi connectivity index (χ4n) is 3.18. The molecule has 1 aromatic carbocycles. The molecule has 1 fully saturated rings. The fraction of sp³-hybridized carbons (Fsp3) is 0.467. The van der Waals surface area contributed by atoms with E-state index in [2.05, 4.69) is 5.32 Å². The number of nitrogens with one attached hydrogen (secondary N) is 1. The van der Waals surface area contributed by atoms with E-state index in [4.69, 9.17) is 0 Å². The first kappa shape index (κ1) is 13.1. The minimum Gasteiger partial charge on any atom is -0.480 e. The first-order valence-electron chi connectivity index (χ1n) is 7.03. The second-order valence-electron chi connectivity index (χ2n) is 5.36. The highest BCUT2D eigenvalue weighted by Crippen LogP contribution is 2.27. The smallest absolute Gasteiger partial charge is 0.326 e. The summed E-state index contributed by atoms with van der Waals surface area (Å²) >= 11 is 0. The molecule has 1 aromatic rings. The highest BCUT2D eigenvalue weighted by molar-refractivity contribution is 5.88. The lowest BCUT2D eigenvalue weighted by molar-refractivity contribution is -0.149. The molecule has 0 spiro atoms. The van der Waals surface area contributed by atoms with Crippen LogP contribution in [0, 0.1) is 0 Å². The molecule has 2 unspecified atom stereocenters. The molecule has 1 saturated heterocycles. The molecule has 5 heteroatoms. The summed E-state index contributed by atoms with van der Waals surface area (Å²) < 4.78 is 0. The van der Waals surface area contributed by atoms with E-state index in [1.165, 1.54) is 10.5 Å². The standard InChI is InChI=1S/C15H18N2O3/c18-14(17-9-3-6-12(17)15(19)20)13-11-5-2-1-4-10(11)7-8-16-13/h1-2,4-5,12-13,16H,3,6-9H2,(H,19,20). The van der Waals surface area contributed by atoms with Gasteiger partial charge in [-0.25, -0.2) is 4.79 Å². The van der Waals surface area contributed by atoms with Gasteiger partial charge in [-0.05, 0) is 30.4 Å². The molecule has 2 atom stereocenters. The minimum atomic E-state index is -0.903. The molecule has 106 valence electrons. The van der Waals surface area contributed by atoms with Crippen LogP contribution in [-0.2, 0) is 16.0 Å². The van der Waals surface area contributed by atoms with Gasteiger partial charge in [0, 0.05) is 13.1 Å². The van der Waals surface area contributed by atoms with Crippen molar-refractivity contribution in [2.24, 2.45) is 0 Å². The predicted molar refractivity (Wildman–Crippen MR) is 73.3 cm³/mol. The third-order valence-corrected chi connectivity index (χ3v) is 4.18. The summed E-state index contributed by atoms with van der Waals surface area (Å²) in [5.74, 6) is -1.01. The zero-order valence-corrected chi connectivity index (χ0v) is 11.2. The number of hydrogen-bond donors (Lipinski definition) is 2. The van der Waals surface area contributed by atoms with E-state index >= 15 is 0 Å². The molecule has 20 heavy (non-hydrogen) atoms. The van der Waals surface area contributed by atoms with Crippen LogP contribution in [0.25, 0.3) is 0 Å². The number of carboxylic acid groups (broad SMARTS) is 1. The van der Waals surface area contributed by atoms with Gasteiger partial charge in [0.1, 0.15) is 12.1 Å². The number of fused-ring (bicyclic) bond motifs is 1. The Morgan fingerprint density at radius 2 is 2.10 bits per heavy atom. The number of rotatable bonds is 2. The van der Waals surface area contributed by atoms with Gasteiger partial charge in [-0.2, -0.15) is 0 Å². The molecule has 2 N–H and O–H groups in total. The van der Waals surface area contributed by atoms with Gasteiger partial charge in [0.2, 0.25) is 5.91 Å². The van der Waals surface area contributed by atoms with Gasteiger partial charge in [0.25, 0.3) is 0 Å². The molecule has 0 aromatic heterocycles. The van der Waals surface area contributed by atoms with Crippen LogP contribution >= 0.6 is 0 Å². The SMILES string of the molecule is O=C(O)C1CCCN1C(=O)C1NCCc2ccccc21. The molecule has 0 aliphatic carbocycles. The molecule has 2 aliphatic heterocycles. The van der Waals surface area contributed by atoms with Gasteiger partial charge in [-0.15, -0.1) is 0 Å². The molecule has 2 heterocycles. The van der Waals surface area contributed by atoms with Crippen LogP contribution < -0.4 is 5.32 Å². The van der Waals surface area contributed by atoms with Crippen LogP contribution in [0.2, 0.25) is 0 Å². The van der Waals surface area contributed by atoms with E-state index in [-0.39, 0.29) is 5.91 Å². The van der Waals surface area contributed by atoms with Crippen molar-refractivity contribution in [3.63, 3.8) is 0 Å². The topological polar surface area (TPSA) is 69.6 Å². The van der Waals surface area contributed by atoms with E-state index in [0.29, 0.717) is 13.0 Å². The fourth-order valence-corrected chi connectivity index (χ4v) is 3.18. The van der Waals surface area contributed by atoms with Crippen molar-refractivity contribution in [3.8, 4) is 0 Å². The van der Waals surface area contributed by atoms with Crippen LogP contribution in [0.4, 0.5) is 0 Å². The van der Waals surface area contributed by atoms with Crippen LogP contribution in [0.1, 0.15) is 30.0 Å². The number of hydrogen-bond acceptors (Lipinski definition) is 3. The lowest BCUT2D eigenvalue weighted by atomic mass is 9.93. The molecular formula is C15H18N2O3. The molecule has 3 rings (SSSR count). The van der Waals surface area contributed by atoms with Crippen molar-refractivity contribution < 1.29 is 14.7 Å². The maximum Gasteiger partial charge on any atom is 0.326 e. The van der Waals surface area contributed by atoms with Crippen LogP contribution in [0.5, 0.6) is 0 Å². The van der Waals surface area contributed by atoms with E-state index in [1.54, 1.807) is 0 Å². The number of carbonyl (C=O) groups is 2. The van der Waals surface area contributed by atoms with Gasteiger partial charge >= 0.3 is 5.97 Å². The number of nitrogens with zero attached hydrogens (tertiary/aromatic N) is 1. The molecule has 5 nitrogen and oxygen atoms in total. The van der Waals surface area contributed by atoms with Crippen molar-refractivity contribution in [1.29, 1.82) is 0 Å². The highest BCUT2D eigenvalue weighted by atomic mass is 16.4. The van der Waals surface area contributed by atoms with Crippen LogP contribution in [-0.4, -0.2) is 41.0 Å². The first-order valence-corrected chi connectivity index (χ1v) is 7.03. The van der Waals surface area contributed by atoms with Gasteiger partial charge in [0.05, 0.1) is 0 Å². The predicted octanol–water partition coefficient (Wildman–Crippen LogP) is 0.949. The Kier molecular flexibility index (Phi) is 3.44. The zero-order chi connectivity index (χ0) is 14.1. The summed E-state index contributed by atoms with van der Waals surface area (Å²) in [6, 6.07) is 6.82. The van der Waals surface area contributed by atoms with Crippen LogP contribution in [0.3, 0.4) is 0 Å². The molecule has 2 aliphatic rings.